The summed E-state index contributed by atoms with van der Waals surface area (Å²) >= 11 is 0. The number of rotatable bonds is 9. The van der Waals surface area contributed by atoms with E-state index in [0.717, 1.165) is 110 Å². The van der Waals surface area contributed by atoms with Crippen molar-refractivity contribution in [2.75, 3.05) is 0 Å². The van der Waals surface area contributed by atoms with Crippen LogP contribution in [0.3, 0.4) is 0 Å². The van der Waals surface area contributed by atoms with Crippen molar-refractivity contribution < 1.29 is 36.4 Å². The second-order valence-corrected chi connectivity index (χ2v) is 33.3. The summed E-state index contributed by atoms with van der Waals surface area (Å²) in [4.78, 5) is 0. The van der Waals surface area contributed by atoms with Crippen LogP contribution in [0.1, 0.15) is 36.1 Å². The van der Waals surface area contributed by atoms with E-state index in [2.05, 4.69) is 48.5 Å². The molecule has 4 unspecified atom stereocenters. The first-order valence-corrected chi connectivity index (χ1v) is 38.3. The van der Waals surface area contributed by atoms with E-state index in [1.807, 2.05) is 281 Å². The van der Waals surface area contributed by atoms with Crippen molar-refractivity contribution in [1.82, 2.24) is 0 Å². The van der Waals surface area contributed by atoms with Gasteiger partial charge in [-0.3, -0.25) is 18.3 Å². The molecule has 0 fully saturated rings. The lowest BCUT2D eigenvalue weighted by Gasteiger charge is -2.29. The largest absolute Gasteiger partial charge is 0.437 e. The van der Waals surface area contributed by atoms with Gasteiger partial charge >= 0.3 is 14.7 Å². The van der Waals surface area contributed by atoms with E-state index in [1.54, 1.807) is 11.6 Å². The van der Waals surface area contributed by atoms with Gasteiger partial charge in [0.1, 0.15) is 23.0 Å². The van der Waals surface area contributed by atoms with Crippen molar-refractivity contribution in [3.63, 3.8) is 0 Å². The fraction of sp³-hybridized carbons (Fsp3) is 0.0238. The first-order valence-electron chi connectivity index (χ1n) is 31.7. The SMILES string of the molecule is C/C(=C\c1ccc(-c2ccc(/C=C(\C)P3(=O)Oc4ccccc4-c4ccccc43)cc2)cc1)P1(=O)Oc2ccccc2-c2ccccc21.O=P1(/C=C/c2c3ccccc3c(/C=C/P3(=O)Oc4ccccc4-c4ccccc43)c3ccccc23)Oc2ccccc2-c2ccccc21. The Kier molecular flexibility index (Phi) is 15.3. The summed E-state index contributed by atoms with van der Waals surface area (Å²) in [6.07, 6.45) is 7.81. The lowest BCUT2D eigenvalue weighted by atomic mass is 9.92. The van der Waals surface area contributed by atoms with Crippen LogP contribution < -0.4 is 39.3 Å². The molecule has 13 aromatic carbocycles. The Labute approximate surface area is 557 Å². The van der Waals surface area contributed by atoms with Crippen LogP contribution in [0.5, 0.6) is 23.0 Å². The molecule has 0 N–H and O–H groups in total. The molecule has 0 saturated carbocycles. The van der Waals surface area contributed by atoms with E-state index in [4.69, 9.17) is 18.1 Å². The first-order chi connectivity index (χ1) is 46.9. The van der Waals surface area contributed by atoms with E-state index in [-0.39, 0.29) is 0 Å². The van der Waals surface area contributed by atoms with Gasteiger partial charge in [0.2, 0.25) is 0 Å². The average Bonchev–Trinajstić information content (AvgIpc) is 0.774. The molecule has 0 radical (unpaired) electrons. The van der Waals surface area contributed by atoms with Crippen molar-refractivity contribution in [3.8, 4) is 78.6 Å². The molecule has 464 valence electrons. The standard InChI is InChI=1S/C42H28O4P2.C42H32O4P2/c43-47(41-23-11-7-19-37(41)35-17-5-9-21-39(35)45-47)27-25-33-29-13-1-2-14-30(29)34(32-16-4-3-15-31(32)33)26-28-48(44)42-24-12-8-20-38(42)36-18-6-10-22-40(36)46-48;1-29(47(43)41-17-9-5-13-37(41)35-11-3-7-15-39(35)45-47)27-31-19-23-33(24-20-31)34-25-21-32(22-26-34)28-30(2)48(44)42-18-10-6-14-38(42)36-12-4-8-16-40(36)46-48/h1-28H;3-28H,1-2H3/b27-25+,28-26+;29-27+,30-28+. The highest BCUT2D eigenvalue weighted by molar-refractivity contribution is 7.72. The molecule has 0 saturated heterocycles. The molecule has 17 rings (SSSR count). The van der Waals surface area contributed by atoms with E-state index in [9.17, 15) is 18.3 Å². The van der Waals surface area contributed by atoms with Crippen LogP contribution >= 0.6 is 29.5 Å². The second-order valence-electron chi connectivity index (χ2n) is 24.1. The molecular formula is C84H60O8P4. The van der Waals surface area contributed by atoms with Crippen LogP contribution in [-0.2, 0) is 18.3 Å². The van der Waals surface area contributed by atoms with Gasteiger partial charge in [0, 0.05) is 44.5 Å². The molecule has 4 heterocycles. The van der Waals surface area contributed by atoms with Crippen molar-refractivity contribution in [2.45, 2.75) is 13.8 Å². The van der Waals surface area contributed by atoms with Crippen LogP contribution in [0.4, 0.5) is 0 Å². The Bertz CT molecular complexity index is 5260. The molecule has 4 atom stereocenters. The zero-order valence-corrected chi connectivity index (χ0v) is 55.8. The number of para-hydroxylation sites is 4. The van der Waals surface area contributed by atoms with Crippen LogP contribution in [0, 0.1) is 0 Å². The molecular weight excluding hydrogens is 1260 g/mol. The fourth-order valence-corrected chi connectivity index (χ4v) is 21.8. The molecule has 0 aromatic heterocycles. The Morgan fingerprint density at radius 3 is 0.844 bits per heavy atom. The zero-order valence-electron chi connectivity index (χ0n) is 52.2. The molecule has 12 heteroatoms. The molecule has 0 amide bonds. The third-order valence-electron chi connectivity index (χ3n) is 18.3. The van der Waals surface area contributed by atoms with Gasteiger partial charge in [0.25, 0.3) is 14.7 Å². The maximum absolute atomic E-state index is 14.7. The summed E-state index contributed by atoms with van der Waals surface area (Å²) < 4.78 is 83.3. The molecule has 96 heavy (non-hydrogen) atoms. The summed E-state index contributed by atoms with van der Waals surface area (Å²) in [5.41, 5.74) is 13.4. The molecule has 0 spiro atoms. The molecule has 0 bridgehead atoms. The quantitative estimate of drug-likeness (QED) is 0.104. The number of hydrogen-bond acceptors (Lipinski definition) is 8. The van der Waals surface area contributed by atoms with Gasteiger partial charge in [-0.1, -0.05) is 243 Å². The summed E-state index contributed by atoms with van der Waals surface area (Å²) in [6, 6.07) is 94.9. The highest BCUT2D eigenvalue weighted by atomic mass is 31.2. The summed E-state index contributed by atoms with van der Waals surface area (Å²) in [5, 5.41) is 8.15. The van der Waals surface area contributed by atoms with Crippen LogP contribution in [-0.4, -0.2) is 0 Å². The van der Waals surface area contributed by atoms with Crippen molar-refractivity contribution >= 4 is 96.5 Å². The Hall–Kier alpha value is -10.5. The third-order valence-corrected chi connectivity index (χ3v) is 27.5. The molecule has 4 aliphatic heterocycles. The van der Waals surface area contributed by atoms with E-state index >= 15 is 0 Å². The highest BCUT2D eigenvalue weighted by Gasteiger charge is 2.40. The van der Waals surface area contributed by atoms with Gasteiger partial charge in [-0.25, -0.2) is 0 Å². The average molecular weight is 1320 g/mol. The third kappa shape index (κ3) is 10.6. The molecule has 4 aliphatic rings. The number of fused-ring (bicyclic) bond motifs is 14. The van der Waals surface area contributed by atoms with Gasteiger partial charge in [0.05, 0.1) is 21.2 Å². The van der Waals surface area contributed by atoms with E-state index < -0.39 is 29.5 Å². The first kappa shape index (κ1) is 60.4. The second kappa shape index (κ2) is 24.3. The minimum atomic E-state index is -3.42. The lowest BCUT2D eigenvalue weighted by Crippen LogP contribution is -2.18. The summed E-state index contributed by atoms with van der Waals surface area (Å²) in [6.45, 7) is 3.77. The molecule has 13 aromatic rings. The minimum Gasteiger partial charge on any atom is -0.437 e. The van der Waals surface area contributed by atoms with Crippen molar-refractivity contribution in [2.24, 2.45) is 0 Å². The summed E-state index contributed by atoms with van der Waals surface area (Å²) in [7, 11) is -13.4. The number of benzene rings is 13. The maximum atomic E-state index is 14.7. The van der Waals surface area contributed by atoms with Gasteiger partial charge in [-0.05, 0) is 164 Å². The Balaban J connectivity index is 0.000000151. The maximum Gasteiger partial charge on any atom is 0.303 e. The van der Waals surface area contributed by atoms with Gasteiger partial charge in [-0.15, -0.1) is 0 Å². The van der Waals surface area contributed by atoms with Crippen molar-refractivity contribution in [1.29, 1.82) is 0 Å². The zero-order chi connectivity index (χ0) is 65.2. The molecule has 8 nitrogen and oxygen atoms in total. The topological polar surface area (TPSA) is 105 Å². The van der Waals surface area contributed by atoms with Gasteiger partial charge in [-0.2, -0.15) is 0 Å². The summed E-state index contributed by atoms with van der Waals surface area (Å²) in [5.74, 6) is 6.00. The molecule has 0 aliphatic carbocycles. The minimum absolute atomic E-state index is 0.614. The highest BCUT2D eigenvalue weighted by Crippen LogP contribution is 2.63. The van der Waals surface area contributed by atoms with Crippen LogP contribution in [0.15, 0.2) is 313 Å². The number of hydrogen-bond donors (Lipinski definition) is 0. The van der Waals surface area contributed by atoms with Crippen LogP contribution in [0.25, 0.3) is 101 Å². The van der Waals surface area contributed by atoms with Crippen molar-refractivity contribution in [3.05, 3.63) is 336 Å². The fourth-order valence-electron chi connectivity index (χ4n) is 13.5. The predicted molar refractivity (Wildman–Crippen MR) is 398 cm³/mol. The van der Waals surface area contributed by atoms with E-state index in [1.165, 1.54) is 0 Å². The van der Waals surface area contributed by atoms with Crippen LogP contribution in [0.2, 0.25) is 0 Å². The lowest BCUT2D eigenvalue weighted by molar-refractivity contribution is 0.497. The normalized spacial score (nSPS) is 19.4. The Morgan fingerprint density at radius 2 is 0.521 bits per heavy atom. The van der Waals surface area contributed by atoms with E-state index in [0.29, 0.717) is 44.2 Å². The van der Waals surface area contributed by atoms with Gasteiger partial charge in [0.15, 0.2) is 0 Å². The van der Waals surface area contributed by atoms with Gasteiger partial charge < -0.3 is 18.1 Å². The Morgan fingerprint density at radius 1 is 0.271 bits per heavy atom. The predicted octanol–water partition coefficient (Wildman–Crippen LogP) is 22.7. The smallest absolute Gasteiger partial charge is 0.303 e. The number of allylic oxidation sites excluding steroid dienone is 2. The monoisotopic (exact) mass is 1320 g/mol.